The van der Waals surface area contributed by atoms with Crippen molar-refractivity contribution in [3.8, 4) is 33.0 Å². The molecular weight excluding hydrogens is 448 g/mol. The predicted octanol–water partition coefficient (Wildman–Crippen LogP) is 6.06. The van der Waals surface area contributed by atoms with Gasteiger partial charge in [-0.1, -0.05) is 47.7 Å². The number of hydrogen-bond donors (Lipinski definition) is 2. The summed E-state index contributed by atoms with van der Waals surface area (Å²) >= 11 is 1.64. The van der Waals surface area contributed by atoms with E-state index < -0.39 is 5.97 Å². The van der Waals surface area contributed by atoms with Crippen molar-refractivity contribution in [2.24, 2.45) is 0 Å². The monoisotopic (exact) mass is 470 g/mol. The molecule has 0 radical (unpaired) electrons. The zero-order chi connectivity index (χ0) is 23.1. The minimum atomic E-state index is -0.769. The van der Waals surface area contributed by atoms with E-state index in [1.165, 1.54) is 6.39 Å². The number of carbonyl (C=O) groups is 1. The van der Waals surface area contributed by atoms with Crippen LogP contribution in [0.5, 0.6) is 0 Å². The number of rotatable bonds is 6. The minimum Gasteiger partial charge on any atom is -0.481 e. The molecule has 0 spiro atoms. The van der Waals surface area contributed by atoms with Gasteiger partial charge in [-0.15, -0.1) is 0 Å². The maximum atomic E-state index is 11.4. The number of benzene rings is 2. The summed E-state index contributed by atoms with van der Waals surface area (Å²) in [5.74, 6) is -0.0505. The van der Waals surface area contributed by atoms with Crippen molar-refractivity contribution in [3.63, 3.8) is 0 Å². The van der Waals surface area contributed by atoms with E-state index in [2.05, 4.69) is 45.2 Å². The number of oxazole rings is 1. The molecule has 34 heavy (non-hydrogen) atoms. The van der Waals surface area contributed by atoms with Gasteiger partial charge in [-0.3, -0.25) is 4.79 Å². The number of aromatic amines is 1. The van der Waals surface area contributed by atoms with Gasteiger partial charge in [-0.2, -0.15) is 0 Å². The molecule has 0 saturated carbocycles. The Morgan fingerprint density at radius 2 is 2.03 bits per heavy atom. The lowest BCUT2D eigenvalue weighted by atomic mass is 10.0. The van der Waals surface area contributed by atoms with E-state index in [0.717, 1.165) is 68.4 Å². The number of H-pyrrole nitrogens is 1. The molecule has 8 heteroatoms. The van der Waals surface area contributed by atoms with E-state index >= 15 is 0 Å². The first kappa shape index (κ1) is 20.7. The predicted molar refractivity (Wildman–Crippen MR) is 133 cm³/mol. The van der Waals surface area contributed by atoms with E-state index in [9.17, 15) is 9.90 Å². The average Bonchev–Trinajstić information content (AvgIpc) is 3.65. The van der Waals surface area contributed by atoms with E-state index in [0.29, 0.717) is 0 Å². The van der Waals surface area contributed by atoms with Gasteiger partial charge in [0.1, 0.15) is 0 Å². The lowest BCUT2D eigenvalue weighted by molar-refractivity contribution is -0.137. The highest BCUT2D eigenvalue weighted by molar-refractivity contribution is 7.19. The first-order valence-corrected chi connectivity index (χ1v) is 12.0. The van der Waals surface area contributed by atoms with E-state index in [1.807, 2.05) is 24.4 Å². The second-order valence-electron chi connectivity index (χ2n) is 8.45. The van der Waals surface area contributed by atoms with Crippen molar-refractivity contribution in [2.75, 3.05) is 11.4 Å². The molecule has 1 unspecified atom stereocenters. The Hall–Kier alpha value is -3.91. The highest BCUT2D eigenvalue weighted by Crippen LogP contribution is 2.44. The Balaban J connectivity index is 1.47. The normalized spacial score (nSPS) is 15.9. The van der Waals surface area contributed by atoms with Crippen molar-refractivity contribution < 1.29 is 14.3 Å². The number of aromatic nitrogens is 3. The summed E-state index contributed by atoms with van der Waals surface area (Å²) in [6, 6.07) is 16.4. The summed E-state index contributed by atoms with van der Waals surface area (Å²) in [5, 5.41) is 11.4. The molecule has 3 aromatic heterocycles. The molecule has 170 valence electrons. The number of hydrogen-bond acceptors (Lipinski definition) is 6. The van der Waals surface area contributed by atoms with Crippen LogP contribution in [0.4, 0.5) is 5.13 Å². The molecule has 1 saturated heterocycles. The molecule has 2 N–H and O–H groups in total. The molecule has 1 aliphatic heterocycles. The Morgan fingerprint density at radius 3 is 2.82 bits per heavy atom. The third kappa shape index (κ3) is 3.66. The van der Waals surface area contributed by atoms with Crippen LogP contribution in [0.3, 0.4) is 0 Å². The molecule has 1 fully saturated rings. The Labute approximate surface area is 199 Å². The van der Waals surface area contributed by atoms with Crippen LogP contribution in [-0.4, -0.2) is 38.6 Å². The maximum absolute atomic E-state index is 11.4. The summed E-state index contributed by atoms with van der Waals surface area (Å²) in [5.41, 5.74) is 5.04. The van der Waals surface area contributed by atoms with Gasteiger partial charge < -0.3 is 19.4 Å². The first-order valence-electron chi connectivity index (χ1n) is 11.2. The van der Waals surface area contributed by atoms with E-state index in [1.54, 1.807) is 17.5 Å². The van der Waals surface area contributed by atoms with Crippen molar-refractivity contribution in [1.82, 2.24) is 15.0 Å². The molecule has 1 atom stereocenters. The number of carboxylic acid groups (broad SMARTS) is 1. The van der Waals surface area contributed by atoms with Crippen LogP contribution in [0.1, 0.15) is 19.3 Å². The molecule has 0 bridgehead atoms. The van der Waals surface area contributed by atoms with E-state index in [-0.39, 0.29) is 12.5 Å². The SMILES string of the molecule is O=C(O)CC1CCCN1c1nc(-c2ccc(-c3cnco3)cc2)c(-c2cccc3[nH]ccc23)s1. The number of nitrogens with zero attached hydrogens (tertiary/aromatic N) is 3. The fourth-order valence-electron chi connectivity index (χ4n) is 4.75. The van der Waals surface area contributed by atoms with Crippen molar-refractivity contribution in [2.45, 2.75) is 25.3 Å². The van der Waals surface area contributed by atoms with E-state index in [4.69, 9.17) is 9.40 Å². The Kier molecular flexibility index (Phi) is 5.15. The fraction of sp³-hybridized carbons (Fsp3) is 0.192. The second kappa shape index (κ2) is 8.46. The Bertz CT molecular complexity index is 1450. The van der Waals surface area contributed by atoms with Crippen LogP contribution in [0.15, 0.2) is 71.7 Å². The molecule has 0 aliphatic carbocycles. The molecule has 6 rings (SSSR count). The third-order valence-corrected chi connectivity index (χ3v) is 7.49. The number of fused-ring (bicyclic) bond motifs is 1. The van der Waals surface area contributed by atoms with Crippen LogP contribution in [0.2, 0.25) is 0 Å². The van der Waals surface area contributed by atoms with Crippen LogP contribution in [0, 0.1) is 0 Å². The molecule has 2 aromatic carbocycles. The van der Waals surface area contributed by atoms with Gasteiger partial charge in [0.05, 0.1) is 23.2 Å². The fourth-order valence-corrected chi connectivity index (χ4v) is 5.97. The van der Waals surface area contributed by atoms with Gasteiger partial charge in [0.2, 0.25) is 0 Å². The highest BCUT2D eigenvalue weighted by Gasteiger charge is 2.30. The summed E-state index contributed by atoms with van der Waals surface area (Å²) in [6.45, 7) is 0.823. The lowest BCUT2D eigenvalue weighted by Gasteiger charge is -2.22. The van der Waals surface area contributed by atoms with Gasteiger partial charge in [0.15, 0.2) is 17.3 Å². The van der Waals surface area contributed by atoms with Gasteiger partial charge in [-0.25, -0.2) is 9.97 Å². The molecule has 7 nitrogen and oxygen atoms in total. The maximum Gasteiger partial charge on any atom is 0.305 e. The van der Waals surface area contributed by atoms with Gasteiger partial charge in [0.25, 0.3) is 0 Å². The summed E-state index contributed by atoms with van der Waals surface area (Å²) in [6.07, 6.45) is 7.05. The quantitative estimate of drug-likeness (QED) is 0.313. The van der Waals surface area contributed by atoms with Gasteiger partial charge >= 0.3 is 5.97 Å². The molecule has 5 aromatic rings. The zero-order valence-electron chi connectivity index (χ0n) is 18.3. The molecule has 4 heterocycles. The summed E-state index contributed by atoms with van der Waals surface area (Å²) in [4.78, 5) is 27.1. The summed E-state index contributed by atoms with van der Waals surface area (Å²) in [7, 11) is 0. The van der Waals surface area contributed by atoms with Crippen LogP contribution in [-0.2, 0) is 4.79 Å². The number of thiazole rings is 1. The Morgan fingerprint density at radius 1 is 1.18 bits per heavy atom. The van der Waals surface area contributed by atoms with Crippen LogP contribution in [0.25, 0.3) is 43.9 Å². The van der Waals surface area contributed by atoms with Crippen LogP contribution >= 0.6 is 11.3 Å². The minimum absolute atomic E-state index is 0.0266. The summed E-state index contributed by atoms with van der Waals surface area (Å²) < 4.78 is 5.43. The van der Waals surface area contributed by atoms with Crippen LogP contribution < -0.4 is 4.90 Å². The highest BCUT2D eigenvalue weighted by atomic mass is 32.1. The number of anilines is 1. The smallest absolute Gasteiger partial charge is 0.305 e. The largest absolute Gasteiger partial charge is 0.481 e. The van der Waals surface area contributed by atoms with Gasteiger partial charge in [-0.05, 0) is 25.0 Å². The molecule has 0 amide bonds. The number of carboxylic acids is 1. The van der Waals surface area contributed by atoms with Crippen molar-refractivity contribution >= 4 is 33.3 Å². The number of nitrogens with one attached hydrogen (secondary N) is 1. The molecule has 1 aliphatic rings. The van der Waals surface area contributed by atoms with Crippen molar-refractivity contribution in [3.05, 3.63) is 67.3 Å². The van der Waals surface area contributed by atoms with Gasteiger partial charge in [0, 0.05) is 46.4 Å². The molecular formula is C26H22N4O3S. The van der Waals surface area contributed by atoms with Crippen molar-refractivity contribution in [1.29, 1.82) is 0 Å². The zero-order valence-corrected chi connectivity index (χ0v) is 19.1. The standard InChI is InChI=1S/C26H22N4O3S/c31-23(32)13-18-3-2-12-30(18)26-29-24(17-8-6-16(7-9-17)22-14-27-15-33-22)25(34-26)20-4-1-5-21-19(20)10-11-28-21/h1,4-11,14-15,18,28H,2-3,12-13H2,(H,31,32). The third-order valence-electron chi connectivity index (χ3n) is 6.36. The first-order chi connectivity index (χ1) is 16.7. The second-order valence-corrected chi connectivity index (χ2v) is 9.43. The topological polar surface area (TPSA) is 95.2 Å². The number of aliphatic carboxylic acids is 1. The lowest BCUT2D eigenvalue weighted by Crippen LogP contribution is -2.31. The average molecular weight is 471 g/mol.